The predicted molar refractivity (Wildman–Crippen MR) is 98.3 cm³/mol. The molecule has 0 radical (unpaired) electrons. The van der Waals surface area contributed by atoms with Gasteiger partial charge in [-0.1, -0.05) is 12.1 Å². The van der Waals surface area contributed by atoms with E-state index in [1.165, 1.54) is 24.5 Å². The van der Waals surface area contributed by atoms with Crippen LogP contribution in [-0.2, 0) is 11.8 Å². The van der Waals surface area contributed by atoms with Gasteiger partial charge in [0.15, 0.2) is 0 Å². The third-order valence-electron chi connectivity index (χ3n) is 5.03. The number of halogens is 2. The number of allylic oxidation sites excluding steroid dienone is 1. The van der Waals surface area contributed by atoms with Crippen LogP contribution in [0.5, 0.6) is 0 Å². The van der Waals surface area contributed by atoms with E-state index in [1.807, 2.05) is 0 Å². The molecular weight excluding hydrogens is 366 g/mol. The molecule has 4 rings (SSSR count). The van der Waals surface area contributed by atoms with Crippen LogP contribution in [0.25, 0.3) is 0 Å². The van der Waals surface area contributed by atoms with Gasteiger partial charge >= 0.3 is 0 Å². The van der Waals surface area contributed by atoms with Gasteiger partial charge in [0.25, 0.3) is 0 Å². The second kappa shape index (κ2) is 6.66. The van der Waals surface area contributed by atoms with E-state index in [0.717, 1.165) is 0 Å². The Balaban J connectivity index is 1.93. The summed E-state index contributed by atoms with van der Waals surface area (Å²) in [5.74, 6) is -1.21. The lowest BCUT2D eigenvalue weighted by molar-refractivity contribution is -0.114. The number of aliphatic imine (C=N–C) groups is 1. The quantitative estimate of drug-likeness (QED) is 0.837. The summed E-state index contributed by atoms with van der Waals surface area (Å²) >= 11 is 0. The standard InChI is InChI=1S/C19H18F2N6O/c1-27-19(24-8-25-27)15-16(22)14-12(18(23)28)6-11(21)7-13(14)26-17(15)9-2-4-10(20)5-3-9/h2-6,8,11,15,17H,7,22H2,1H3,(H2,23,28)/t11?,15-,17?/m0/s1. The van der Waals surface area contributed by atoms with Gasteiger partial charge in [0.2, 0.25) is 5.91 Å². The summed E-state index contributed by atoms with van der Waals surface area (Å²) in [5, 5.41) is 4.09. The van der Waals surface area contributed by atoms with Crippen molar-refractivity contribution in [3.63, 3.8) is 0 Å². The molecule has 1 aliphatic carbocycles. The minimum atomic E-state index is -1.39. The van der Waals surface area contributed by atoms with Gasteiger partial charge in [0, 0.05) is 36.0 Å². The fraction of sp³-hybridized carbons (Fsp3) is 0.263. The van der Waals surface area contributed by atoms with Crippen molar-refractivity contribution in [1.82, 2.24) is 14.8 Å². The summed E-state index contributed by atoms with van der Waals surface area (Å²) in [6, 6.07) is 5.29. The van der Waals surface area contributed by atoms with Crippen LogP contribution in [0, 0.1) is 5.82 Å². The van der Waals surface area contributed by atoms with E-state index < -0.39 is 24.0 Å². The van der Waals surface area contributed by atoms with Gasteiger partial charge in [-0.3, -0.25) is 14.5 Å². The third kappa shape index (κ3) is 2.88. The zero-order valence-corrected chi connectivity index (χ0v) is 15.0. The highest BCUT2D eigenvalue weighted by atomic mass is 19.1. The maximum Gasteiger partial charge on any atom is 0.249 e. The highest BCUT2D eigenvalue weighted by molar-refractivity contribution is 6.16. The second-order valence-corrected chi connectivity index (χ2v) is 6.79. The largest absolute Gasteiger partial charge is 0.401 e. The van der Waals surface area contributed by atoms with Crippen LogP contribution in [0.1, 0.15) is 29.8 Å². The van der Waals surface area contributed by atoms with Gasteiger partial charge in [-0.25, -0.2) is 13.8 Å². The monoisotopic (exact) mass is 384 g/mol. The Morgan fingerprint density at radius 2 is 2.00 bits per heavy atom. The van der Waals surface area contributed by atoms with Crippen LogP contribution in [0.3, 0.4) is 0 Å². The summed E-state index contributed by atoms with van der Waals surface area (Å²) in [6.07, 6.45) is 1.15. The molecule has 1 aromatic heterocycles. The first-order valence-electron chi connectivity index (χ1n) is 8.69. The molecule has 1 aliphatic heterocycles. The second-order valence-electron chi connectivity index (χ2n) is 6.79. The number of hydrogen-bond acceptors (Lipinski definition) is 5. The maximum absolute atomic E-state index is 14.2. The number of rotatable bonds is 3. The van der Waals surface area contributed by atoms with Crippen molar-refractivity contribution >= 4 is 11.6 Å². The lowest BCUT2D eigenvalue weighted by Gasteiger charge is -2.34. The molecule has 0 bridgehead atoms. The average Bonchev–Trinajstić information content (AvgIpc) is 3.06. The van der Waals surface area contributed by atoms with E-state index in [4.69, 9.17) is 16.5 Å². The molecule has 0 spiro atoms. The molecule has 9 heteroatoms. The first kappa shape index (κ1) is 18.0. The summed E-state index contributed by atoms with van der Waals surface area (Å²) in [5.41, 5.74) is 13.7. The van der Waals surface area contributed by atoms with Gasteiger partial charge in [-0.2, -0.15) is 5.10 Å². The molecule has 2 aliphatic rings. The van der Waals surface area contributed by atoms with Crippen LogP contribution >= 0.6 is 0 Å². The number of aryl methyl sites for hydroxylation is 1. The van der Waals surface area contributed by atoms with E-state index in [-0.39, 0.29) is 17.8 Å². The fourth-order valence-electron chi connectivity index (χ4n) is 3.77. The van der Waals surface area contributed by atoms with Crippen LogP contribution < -0.4 is 11.5 Å². The molecule has 2 unspecified atom stereocenters. The van der Waals surface area contributed by atoms with E-state index >= 15 is 0 Å². The van der Waals surface area contributed by atoms with Gasteiger partial charge < -0.3 is 11.5 Å². The average molecular weight is 384 g/mol. The number of nitrogens with zero attached hydrogens (tertiary/aromatic N) is 4. The van der Waals surface area contributed by atoms with Crippen molar-refractivity contribution in [2.75, 3.05) is 0 Å². The lowest BCUT2D eigenvalue weighted by Crippen LogP contribution is -2.35. The van der Waals surface area contributed by atoms with Crippen LogP contribution in [0.4, 0.5) is 8.78 Å². The molecule has 0 fully saturated rings. The SMILES string of the molecule is Cn1ncnc1[C@H]1C(N)=C2C(C(N)=O)=CC(F)CC2=NC1c1ccc(F)cc1. The topological polar surface area (TPSA) is 112 Å². The number of carbonyl (C=O) groups is 1. The van der Waals surface area contributed by atoms with Crippen molar-refractivity contribution in [3.8, 4) is 0 Å². The van der Waals surface area contributed by atoms with Crippen LogP contribution in [0.15, 0.2) is 58.5 Å². The van der Waals surface area contributed by atoms with Gasteiger partial charge in [-0.15, -0.1) is 0 Å². The third-order valence-corrected chi connectivity index (χ3v) is 5.03. The van der Waals surface area contributed by atoms with E-state index in [2.05, 4.69) is 10.1 Å². The van der Waals surface area contributed by atoms with Crippen molar-refractivity contribution in [3.05, 3.63) is 70.7 Å². The van der Waals surface area contributed by atoms with Gasteiger partial charge in [0.05, 0.1) is 12.0 Å². The van der Waals surface area contributed by atoms with Crippen LogP contribution in [0.2, 0.25) is 0 Å². The number of dihydropyridines is 1. The minimum Gasteiger partial charge on any atom is -0.401 e. The van der Waals surface area contributed by atoms with E-state index in [9.17, 15) is 13.6 Å². The highest BCUT2D eigenvalue weighted by Gasteiger charge is 2.40. The maximum atomic E-state index is 14.2. The zero-order chi connectivity index (χ0) is 20.0. The Morgan fingerprint density at radius 3 is 2.61 bits per heavy atom. The number of fused-ring (bicyclic) bond motifs is 1. The summed E-state index contributed by atoms with van der Waals surface area (Å²) in [7, 11) is 1.71. The summed E-state index contributed by atoms with van der Waals surface area (Å²) in [4.78, 5) is 20.9. The van der Waals surface area contributed by atoms with E-state index in [0.29, 0.717) is 28.4 Å². The lowest BCUT2D eigenvalue weighted by atomic mass is 9.78. The zero-order valence-electron chi connectivity index (χ0n) is 15.0. The molecule has 1 aromatic carbocycles. The predicted octanol–water partition coefficient (Wildman–Crippen LogP) is 1.60. The Hall–Kier alpha value is -3.36. The molecule has 4 N–H and O–H groups in total. The number of amides is 1. The number of nitrogens with two attached hydrogens (primary N) is 2. The normalized spacial score (nSPS) is 24.5. The number of hydrogen-bond donors (Lipinski definition) is 2. The molecule has 2 heterocycles. The number of carbonyl (C=O) groups excluding carboxylic acids is 1. The molecule has 7 nitrogen and oxygen atoms in total. The fourth-order valence-corrected chi connectivity index (χ4v) is 3.77. The molecule has 2 aromatic rings. The Labute approximate surface area is 159 Å². The number of alkyl halides is 1. The molecule has 0 saturated heterocycles. The first-order chi connectivity index (χ1) is 13.4. The molecule has 28 heavy (non-hydrogen) atoms. The summed E-state index contributed by atoms with van der Waals surface area (Å²) < 4.78 is 29.2. The number of aromatic nitrogens is 3. The van der Waals surface area contributed by atoms with E-state index in [1.54, 1.807) is 23.9 Å². The number of primary amides is 1. The molecule has 1 amide bonds. The van der Waals surface area contributed by atoms with Crippen LogP contribution in [-0.4, -0.2) is 32.6 Å². The minimum absolute atomic E-state index is 0.0136. The number of benzene rings is 1. The molecule has 144 valence electrons. The molecule has 0 saturated carbocycles. The van der Waals surface area contributed by atoms with Gasteiger partial charge in [0.1, 0.15) is 24.1 Å². The molecule has 3 atom stereocenters. The van der Waals surface area contributed by atoms with Crippen molar-refractivity contribution in [1.29, 1.82) is 0 Å². The Kier molecular flexibility index (Phi) is 4.29. The summed E-state index contributed by atoms with van der Waals surface area (Å²) in [6.45, 7) is 0. The Morgan fingerprint density at radius 1 is 1.29 bits per heavy atom. The van der Waals surface area contributed by atoms with Crippen molar-refractivity contribution in [2.24, 2.45) is 23.5 Å². The highest BCUT2D eigenvalue weighted by Crippen LogP contribution is 2.44. The van der Waals surface area contributed by atoms with Crippen molar-refractivity contribution in [2.45, 2.75) is 24.6 Å². The van der Waals surface area contributed by atoms with Crippen molar-refractivity contribution < 1.29 is 13.6 Å². The molecular formula is C19H18F2N6O. The first-order valence-corrected chi connectivity index (χ1v) is 8.69. The smallest absolute Gasteiger partial charge is 0.249 e. The van der Waals surface area contributed by atoms with Gasteiger partial charge in [-0.05, 0) is 23.8 Å². The Bertz CT molecular complexity index is 1040.